The van der Waals surface area contributed by atoms with E-state index in [1.807, 2.05) is 42.5 Å². The standard InChI is InChI=1S/C18H13N3O4S/c1-11(22)20-18(14-8-4-6-12-5-2-3-7-13(12)14)25-17(19-20)15-9-10-16(26-15)21(23)24/h2-10,18H,1H3/t18-/m0/s1. The van der Waals surface area contributed by atoms with E-state index in [9.17, 15) is 14.9 Å². The van der Waals surface area contributed by atoms with Crippen LogP contribution in [0.3, 0.4) is 0 Å². The number of hydrogen-bond acceptors (Lipinski definition) is 6. The van der Waals surface area contributed by atoms with Crippen LogP contribution in [0.15, 0.2) is 59.7 Å². The zero-order chi connectivity index (χ0) is 18.3. The summed E-state index contributed by atoms with van der Waals surface area (Å²) < 4.78 is 5.95. The lowest BCUT2D eigenvalue weighted by Crippen LogP contribution is -2.25. The molecule has 1 amide bonds. The van der Waals surface area contributed by atoms with Crippen molar-refractivity contribution in [1.82, 2.24) is 5.01 Å². The molecule has 1 aliphatic heterocycles. The van der Waals surface area contributed by atoms with Crippen LogP contribution in [-0.2, 0) is 9.53 Å². The van der Waals surface area contributed by atoms with Gasteiger partial charge in [-0.05, 0) is 16.8 Å². The molecule has 8 heteroatoms. The number of ether oxygens (including phenoxy) is 1. The summed E-state index contributed by atoms with van der Waals surface area (Å²) in [5.74, 6) is -0.0692. The Kier molecular flexibility index (Phi) is 3.89. The van der Waals surface area contributed by atoms with Gasteiger partial charge in [-0.1, -0.05) is 53.8 Å². The zero-order valence-corrected chi connectivity index (χ0v) is 14.5. The van der Waals surface area contributed by atoms with Crippen molar-refractivity contribution in [3.8, 4) is 0 Å². The van der Waals surface area contributed by atoms with Crippen molar-refractivity contribution in [3.63, 3.8) is 0 Å². The lowest BCUT2D eigenvalue weighted by Gasteiger charge is -2.20. The number of carbonyl (C=O) groups excluding carboxylic acids is 1. The Labute approximate surface area is 152 Å². The summed E-state index contributed by atoms with van der Waals surface area (Å²) >= 11 is 0.960. The van der Waals surface area contributed by atoms with E-state index in [0.717, 1.165) is 27.7 Å². The van der Waals surface area contributed by atoms with Crippen molar-refractivity contribution in [3.05, 3.63) is 75.2 Å². The molecule has 0 spiro atoms. The van der Waals surface area contributed by atoms with E-state index in [0.29, 0.717) is 4.88 Å². The summed E-state index contributed by atoms with van der Waals surface area (Å²) in [5, 5.41) is 18.4. The zero-order valence-electron chi connectivity index (χ0n) is 13.7. The van der Waals surface area contributed by atoms with Gasteiger partial charge in [-0.3, -0.25) is 14.9 Å². The fourth-order valence-corrected chi connectivity index (χ4v) is 3.62. The molecule has 0 saturated heterocycles. The van der Waals surface area contributed by atoms with Gasteiger partial charge in [-0.25, -0.2) is 0 Å². The van der Waals surface area contributed by atoms with Crippen molar-refractivity contribution < 1.29 is 14.5 Å². The van der Waals surface area contributed by atoms with Crippen LogP contribution < -0.4 is 0 Å². The average Bonchev–Trinajstić information content (AvgIpc) is 3.28. The number of benzene rings is 2. The topological polar surface area (TPSA) is 85.0 Å². The second-order valence-corrected chi connectivity index (χ2v) is 6.76. The number of carbonyl (C=O) groups is 1. The number of fused-ring (bicyclic) bond motifs is 1. The Morgan fingerprint density at radius 3 is 2.69 bits per heavy atom. The monoisotopic (exact) mass is 367 g/mol. The van der Waals surface area contributed by atoms with E-state index >= 15 is 0 Å². The molecule has 1 aliphatic rings. The molecule has 130 valence electrons. The van der Waals surface area contributed by atoms with Crippen molar-refractivity contribution in [2.75, 3.05) is 0 Å². The van der Waals surface area contributed by atoms with Crippen molar-refractivity contribution >= 4 is 38.9 Å². The Balaban J connectivity index is 1.75. The quantitative estimate of drug-likeness (QED) is 0.516. The van der Waals surface area contributed by atoms with Crippen LogP contribution >= 0.6 is 11.3 Å². The van der Waals surface area contributed by atoms with Gasteiger partial charge in [-0.15, -0.1) is 5.10 Å². The highest BCUT2D eigenvalue weighted by molar-refractivity contribution is 7.17. The summed E-state index contributed by atoms with van der Waals surface area (Å²) in [6.45, 7) is 1.41. The fraction of sp³-hybridized carbons (Fsp3) is 0.111. The van der Waals surface area contributed by atoms with Gasteiger partial charge in [0.1, 0.15) is 0 Å². The first-order valence-corrected chi connectivity index (χ1v) is 8.63. The second-order valence-electron chi connectivity index (χ2n) is 5.70. The third-order valence-corrected chi connectivity index (χ3v) is 5.06. The molecular weight excluding hydrogens is 354 g/mol. The Morgan fingerprint density at radius 2 is 1.96 bits per heavy atom. The number of hydrazone groups is 1. The van der Waals surface area contributed by atoms with E-state index in [2.05, 4.69) is 5.10 Å². The minimum absolute atomic E-state index is 0.00529. The van der Waals surface area contributed by atoms with Gasteiger partial charge in [0.25, 0.3) is 5.90 Å². The highest BCUT2D eigenvalue weighted by Crippen LogP contribution is 2.36. The van der Waals surface area contributed by atoms with Gasteiger partial charge in [0, 0.05) is 18.6 Å². The van der Waals surface area contributed by atoms with Crippen LogP contribution in [0.5, 0.6) is 0 Å². The SMILES string of the molecule is CC(=O)N1N=C(c2ccc([N+](=O)[O-])s2)O[C@H]1c1cccc2ccccc12. The molecule has 0 fully saturated rings. The van der Waals surface area contributed by atoms with Crippen LogP contribution in [-0.4, -0.2) is 21.7 Å². The Morgan fingerprint density at radius 1 is 1.19 bits per heavy atom. The highest BCUT2D eigenvalue weighted by atomic mass is 32.1. The number of hydrogen-bond donors (Lipinski definition) is 0. The van der Waals surface area contributed by atoms with Gasteiger partial charge in [0.2, 0.25) is 12.1 Å². The summed E-state index contributed by atoms with van der Waals surface area (Å²) in [7, 11) is 0. The first-order chi connectivity index (χ1) is 12.5. The third-order valence-electron chi connectivity index (χ3n) is 4.04. The normalized spacial score (nSPS) is 16.4. The maximum atomic E-state index is 12.1. The van der Waals surface area contributed by atoms with Crippen molar-refractivity contribution in [2.45, 2.75) is 13.2 Å². The molecule has 2 heterocycles. The highest BCUT2D eigenvalue weighted by Gasteiger charge is 2.35. The molecule has 3 aromatic rings. The number of rotatable bonds is 3. The molecule has 0 unspecified atom stereocenters. The predicted molar refractivity (Wildman–Crippen MR) is 97.8 cm³/mol. The van der Waals surface area contributed by atoms with Gasteiger partial charge in [-0.2, -0.15) is 5.01 Å². The Bertz CT molecular complexity index is 1050. The van der Waals surface area contributed by atoms with Crippen molar-refractivity contribution in [2.24, 2.45) is 5.10 Å². The van der Waals surface area contributed by atoms with E-state index < -0.39 is 11.2 Å². The maximum Gasteiger partial charge on any atom is 0.324 e. The number of nitrogens with zero attached hydrogens (tertiary/aromatic N) is 3. The molecular formula is C18H13N3O4S. The molecule has 26 heavy (non-hydrogen) atoms. The minimum atomic E-state index is -0.713. The molecule has 1 aromatic heterocycles. The van der Waals surface area contributed by atoms with Crippen LogP contribution in [0.4, 0.5) is 5.00 Å². The van der Waals surface area contributed by atoms with Crippen LogP contribution in [0.1, 0.15) is 23.6 Å². The lowest BCUT2D eigenvalue weighted by atomic mass is 10.0. The second kappa shape index (κ2) is 6.23. The lowest BCUT2D eigenvalue weighted by molar-refractivity contribution is -0.380. The number of nitro groups is 1. The molecule has 0 radical (unpaired) electrons. The number of amides is 1. The largest absolute Gasteiger partial charge is 0.445 e. The molecule has 0 saturated carbocycles. The molecule has 0 aliphatic carbocycles. The van der Waals surface area contributed by atoms with E-state index in [1.54, 1.807) is 6.07 Å². The average molecular weight is 367 g/mol. The van der Waals surface area contributed by atoms with Crippen molar-refractivity contribution in [1.29, 1.82) is 0 Å². The van der Waals surface area contributed by atoms with Gasteiger partial charge >= 0.3 is 5.00 Å². The van der Waals surface area contributed by atoms with E-state index in [1.165, 1.54) is 18.0 Å². The molecule has 0 N–H and O–H groups in total. The summed E-state index contributed by atoms with van der Waals surface area (Å²) in [6, 6.07) is 16.5. The molecule has 4 rings (SSSR count). The number of thiophene rings is 1. The smallest absolute Gasteiger partial charge is 0.324 e. The molecule has 1 atom stereocenters. The van der Waals surface area contributed by atoms with Crippen LogP contribution in [0, 0.1) is 10.1 Å². The summed E-state index contributed by atoms with van der Waals surface area (Å²) in [6.07, 6.45) is -0.713. The molecule has 7 nitrogen and oxygen atoms in total. The predicted octanol–water partition coefficient (Wildman–Crippen LogP) is 4.05. The third kappa shape index (κ3) is 2.70. The van der Waals surface area contributed by atoms with Crippen LogP contribution in [0.2, 0.25) is 0 Å². The Hall–Kier alpha value is -3.26. The molecule has 2 aromatic carbocycles. The molecule has 0 bridgehead atoms. The van der Waals surface area contributed by atoms with Gasteiger partial charge in [0.15, 0.2) is 0 Å². The van der Waals surface area contributed by atoms with Gasteiger partial charge < -0.3 is 4.74 Å². The summed E-state index contributed by atoms with van der Waals surface area (Å²) in [4.78, 5) is 23.0. The van der Waals surface area contributed by atoms with Gasteiger partial charge in [0.05, 0.1) is 9.80 Å². The minimum Gasteiger partial charge on any atom is -0.445 e. The van der Waals surface area contributed by atoms with Crippen LogP contribution in [0.25, 0.3) is 10.8 Å². The first-order valence-electron chi connectivity index (χ1n) is 7.82. The first kappa shape index (κ1) is 16.2. The van der Waals surface area contributed by atoms with E-state index in [-0.39, 0.29) is 16.8 Å². The van der Waals surface area contributed by atoms with E-state index in [4.69, 9.17) is 4.74 Å². The summed E-state index contributed by atoms with van der Waals surface area (Å²) in [5.41, 5.74) is 0.808. The maximum absolute atomic E-state index is 12.1. The fourth-order valence-electron chi connectivity index (χ4n) is 2.87.